The number of carbonyl (C=O) groups excluding carboxylic acids is 2. The molecule has 0 spiro atoms. The molecule has 2 amide bonds. The molecule has 0 saturated heterocycles. The molecule has 1 heterocycles. The highest BCUT2D eigenvalue weighted by Crippen LogP contribution is 2.38. The van der Waals surface area contributed by atoms with Gasteiger partial charge in [0.25, 0.3) is 11.8 Å². The van der Waals surface area contributed by atoms with Crippen LogP contribution < -0.4 is 15.4 Å². The maximum absolute atomic E-state index is 12.3. The summed E-state index contributed by atoms with van der Waals surface area (Å²) in [6, 6.07) is 18.9. The average molecular weight is 446 g/mol. The summed E-state index contributed by atoms with van der Waals surface area (Å²) in [6.45, 7) is 0.383. The first-order valence-electron chi connectivity index (χ1n) is 10.5. The van der Waals surface area contributed by atoms with Gasteiger partial charge >= 0.3 is 0 Å². The Labute approximate surface area is 190 Å². The fourth-order valence-electron chi connectivity index (χ4n) is 3.69. The Morgan fingerprint density at radius 1 is 1.06 bits per heavy atom. The van der Waals surface area contributed by atoms with Gasteiger partial charge in [0.2, 0.25) is 0 Å². The molecule has 0 saturated carbocycles. The van der Waals surface area contributed by atoms with Gasteiger partial charge in [-0.2, -0.15) is 5.26 Å². The van der Waals surface area contributed by atoms with Gasteiger partial charge in [-0.05, 0) is 61.1 Å². The normalized spacial score (nSPS) is 12.0. The number of nitriles is 1. The number of anilines is 1. The lowest BCUT2D eigenvalue weighted by Crippen LogP contribution is -2.25. The number of rotatable bonds is 8. The first-order chi connectivity index (χ1) is 15.6. The van der Waals surface area contributed by atoms with Crippen molar-refractivity contribution >= 4 is 28.2 Å². The molecule has 1 aliphatic rings. The predicted molar refractivity (Wildman–Crippen MR) is 124 cm³/mol. The van der Waals surface area contributed by atoms with Crippen molar-refractivity contribution in [2.45, 2.75) is 25.7 Å². The van der Waals surface area contributed by atoms with Crippen molar-refractivity contribution in [2.24, 2.45) is 0 Å². The Kier molecular flexibility index (Phi) is 6.83. The molecule has 3 aromatic rings. The summed E-state index contributed by atoms with van der Waals surface area (Å²) >= 11 is 1.48. The maximum atomic E-state index is 12.3. The van der Waals surface area contributed by atoms with Crippen molar-refractivity contribution in [1.82, 2.24) is 5.32 Å². The van der Waals surface area contributed by atoms with Gasteiger partial charge in [-0.3, -0.25) is 9.59 Å². The van der Waals surface area contributed by atoms with Gasteiger partial charge in [-0.1, -0.05) is 30.3 Å². The number of aryl methyl sites for hydroxylation is 1. The van der Waals surface area contributed by atoms with Crippen LogP contribution in [0, 0.1) is 11.3 Å². The van der Waals surface area contributed by atoms with Crippen LogP contribution in [0.2, 0.25) is 0 Å². The van der Waals surface area contributed by atoms with E-state index in [0.717, 1.165) is 31.2 Å². The number of benzene rings is 2. The van der Waals surface area contributed by atoms with Gasteiger partial charge < -0.3 is 15.4 Å². The van der Waals surface area contributed by atoms with Crippen molar-refractivity contribution in [2.75, 3.05) is 18.5 Å². The van der Waals surface area contributed by atoms with Crippen molar-refractivity contribution in [1.29, 1.82) is 5.26 Å². The fraction of sp³-hybridized carbons (Fsp3) is 0.240. The number of ether oxygens (including phenoxy) is 1. The standard InChI is InChI=1S/C25H23N3O3S/c26-15-21-20-7-4-8-22(20)32-25(21)28-23(29)16-31-19-11-9-18(10-12-19)24(30)27-14-13-17-5-2-1-3-6-17/h1-3,5-6,9-12H,4,7-8,13-14,16H2,(H,27,30)(H,28,29). The van der Waals surface area contributed by atoms with Crippen molar-refractivity contribution in [3.8, 4) is 11.8 Å². The first kappa shape index (κ1) is 21.6. The van der Waals surface area contributed by atoms with Gasteiger partial charge in [0.1, 0.15) is 16.8 Å². The van der Waals surface area contributed by atoms with Crippen LogP contribution >= 0.6 is 11.3 Å². The highest BCUT2D eigenvalue weighted by atomic mass is 32.1. The number of nitrogens with zero attached hydrogens (tertiary/aromatic N) is 1. The zero-order valence-corrected chi connectivity index (χ0v) is 18.3. The van der Waals surface area contributed by atoms with E-state index in [1.165, 1.54) is 21.8 Å². The van der Waals surface area contributed by atoms with Gasteiger partial charge in [-0.25, -0.2) is 0 Å². The van der Waals surface area contributed by atoms with Crippen molar-refractivity contribution in [3.05, 3.63) is 81.7 Å². The fourth-order valence-corrected chi connectivity index (χ4v) is 4.95. The molecule has 1 aliphatic carbocycles. The Hall–Kier alpha value is -3.63. The molecule has 0 fully saturated rings. The largest absolute Gasteiger partial charge is 0.484 e. The summed E-state index contributed by atoms with van der Waals surface area (Å²) in [5, 5.41) is 15.7. The zero-order valence-electron chi connectivity index (χ0n) is 17.5. The summed E-state index contributed by atoms with van der Waals surface area (Å²) in [4.78, 5) is 25.8. The second-order valence-electron chi connectivity index (χ2n) is 7.53. The van der Waals surface area contributed by atoms with Crippen molar-refractivity contribution < 1.29 is 14.3 Å². The molecular weight excluding hydrogens is 422 g/mol. The number of thiophene rings is 1. The lowest BCUT2D eigenvalue weighted by atomic mass is 10.1. The molecule has 162 valence electrons. The van der Waals surface area contributed by atoms with Gasteiger partial charge in [-0.15, -0.1) is 11.3 Å². The molecule has 2 aromatic carbocycles. The highest BCUT2D eigenvalue weighted by Gasteiger charge is 2.23. The second-order valence-corrected chi connectivity index (χ2v) is 8.63. The summed E-state index contributed by atoms with van der Waals surface area (Å²) in [5.74, 6) is 0.0272. The molecule has 0 bridgehead atoms. The molecular formula is C25H23N3O3S. The van der Waals surface area contributed by atoms with E-state index in [9.17, 15) is 14.9 Å². The minimum atomic E-state index is -0.316. The second kappa shape index (κ2) is 10.1. The van der Waals surface area contributed by atoms with Crippen LogP contribution in [0.15, 0.2) is 54.6 Å². The SMILES string of the molecule is N#Cc1c(NC(=O)COc2ccc(C(=O)NCCc3ccccc3)cc2)sc2c1CCC2. The molecule has 2 N–H and O–H groups in total. The Balaban J connectivity index is 1.24. The third kappa shape index (κ3) is 5.16. The lowest BCUT2D eigenvalue weighted by molar-refractivity contribution is -0.118. The molecule has 6 nitrogen and oxygen atoms in total. The van der Waals surface area contributed by atoms with Crippen LogP contribution in [0.4, 0.5) is 5.00 Å². The number of hydrogen-bond acceptors (Lipinski definition) is 5. The molecule has 0 atom stereocenters. The topological polar surface area (TPSA) is 91.2 Å². The minimum absolute atomic E-state index is 0.153. The molecule has 32 heavy (non-hydrogen) atoms. The number of nitrogens with one attached hydrogen (secondary N) is 2. The van der Waals surface area contributed by atoms with Gasteiger partial charge in [0.05, 0.1) is 5.56 Å². The van der Waals surface area contributed by atoms with E-state index in [0.29, 0.717) is 28.4 Å². The molecule has 1 aromatic heterocycles. The average Bonchev–Trinajstić information content (AvgIpc) is 3.39. The van der Waals surface area contributed by atoms with Crippen molar-refractivity contribution in [3.63, 3.8) is 0 Å². The van der Waals surface area contributed by atoms with E-state index in [1.54, 1.807) is 24.3 Å². The third-order valence-corrected chi connectivity index (χ3v) is 6.52. The first-order valence-corrected chi connectivity index (χ1v) is 11.3. The third-order valence-electron chi connectivity index (χ3n) is 5.31. The summed E-state index contributed by atoms with van der Waals surface area (Å²) in [7, 11) is 0. The van der Waals surface area contributed by atoms with E-state index < -0.39 is 0 Å². The van der Waals surface area contributed by atoms with E-state index in [1.807, 2.05) is 30.3 Å². The monoisotopic (exact) mass is 445 g/mol. The molecule has 4 rings (SSSR count). The number of amides is 2. The van der Waals surface area contributed by atoms with Crippen LogP contribution in [-0.2, 0) is 24.1 Å². The molecule has 7 heteroatoms. The smallest absolute Gasteiger partial charge is 0.262 e. The van der Waals surface area contributed by atoms with Crippen LogP contribution in [-0.4, -0.2) is 25.0 Å². The minimum Gasteiger partial charge on any atom is -0.484 e. The van der Waals surface area contributed by atoms with E-state index in [4.69, 9.17) is 4.74 Å². The summed E-state index contributed by atoms with van der Waals surface area (Å²) in [5.41, 5.74) is 3.36. The van der Waals surface area contributed by atoms with E-state index >= 15 is 0 Å². The Bertz CT molecular complexity index is 1150. The van der Waals surface area contributed by atoms with E-state index in [-0.39, 0.29) is 18.4 Å². The number of hydrogen-bond donors (Lipinski definition) is 2. The lowest BCUT2D eigenvalue weighted by Gasteiger charge is -2.09. The van der Waals surface area contributed by atoms with Crippen LogP contribution in [0.3, 0.4) is 0 Å². The van der Waals surface area contributed by atoms with Gasteiger partial charge in [0.15, 0.2) is 6.61 Å². The predicted octanol–water partition coefficient (Wildman–Crippen LogP) is 4.10. The summed E-state index contributed by atoms with van der Waals surface area (Å²) < 4.78 is 5.54. The van der Waals surface area contributed by atoms with Crippen LogP contribution in [0.1, 0.15) is 38.3 Å². The maximum Gasteiger partial charge on any atom is 0.262 e. The Morgan fingerprint density at radius 2 is 1.84 bits per heavy atom. The number of fused-ring (bicyclic) bond motifs is 1. The van der Waals surface area contributed by atoms with Crippen LogP contribution in [0.25, 0.3) is 0 Å². The highest BCUT2D eigenvalue weighted by molar-refractivity contribution is 7.16. The summed E-state index contributed by atoms with van der Waals surface area (Å²) in [6.07, 6.45) is 3.69. The van der Waals surface area contributed by atoms with Crippen LogP contribution in [0.5, 0.6) is 5.75 Å². The quantitative estimate of drug-likeness (QED) is 0.546. The van der Waals surface area contributed by atoms with Gasteiger partial charge in [0, 0.05) is 17.0 Å². The zero-order chi connectivity index (χ0) is 22.3. The number of carbonyl (C=O) groups is 2. The molecule has 0 unspecified atom stereocenters. The Morgan fingerprint density at radius 3 is 2.59 bits per heavy atom. The van der Waals surface area contributed by atoms with E-state index in [2.05, 4.69) is 16.7 Å². The molecule has 0 radical (unpaired) electrons. The molecule has 0 aliphatic heterocycles.